The van der Waals surface area contributed by atoms with E-state index in [9.17, 15) is 0 Å². The van der Waals surface area contributed by atoms with Crippen LogP contribution < -0.4 is 9.47 Å². The van der Waals surface area contributed by atoms with E-state index in [-0.39, 0.29) is 5.38 Å². The van der Waals surface area contributed by atoms with Gasteiger partial charge in [0.15, 0.2) is 11.5 Å². The third-order valence-corrected chi connectivity index (χ3v) is 3.35. The Bertz CT molecular complexity index is 596. The number of hydrogen-bond acceptors (Lipinski definition) is 4. The molecule has 0 saturated heterocycles. The number of fused-ring (bicyclic) bond motifs is 1. The monoisotopic (exact) mass is 298 g/mol. The lowest BCUT2D eigenvalue weighted by molar-refractivity contribution is 0.187. The smallest absolute Gasteiger partial charge is 0.163 e. The van der Waals surface area contributed by atoms with Crippen molar-refractivity contribution in [1.82, 2.24) is 9.55 Å². The molecule has 0 aliphatic rings. The minimum Gasteiger partial charge on any atom is -0.493 e. The topological polar surface area (TPSA) is 45.5 Å². The van der Waals surface area contributed by atoms with Crippen LogP contribution in [0, 0.1) is 0 Å². The number of imidazole rings is 1. The largest absolute Gasteiger partial charge is 0.493 e. The second kappa shape index (κ2) is 6.33. The van der Waals surface area contributed by atoms with Gasteiger partial charge in [-0.15, -0.1) is 11.6 Å². The summed E-state index contributed by atoms with van der Waals surface area (Å²) in [5.41, 5.74) is 1.79. The van der Waals surface area contributed by atoms with E-state index < -0.39 is 0 Å². The number of benzene rings is 1. The molecule has 1 heterocycles. The molecule has 0 bridgehead atoms. The van der Waals surface area contributed by atoms with Gasteiger partial charge in [0, 0.05) is 25.8 Å². The summed E-state index contributed by atoms with van der Waals surface area (Å²) in [6.45, 7) is 3.19. The highest BCUT2D eigenvalue weighted by Crippen LogP contribution is 2.34. The molecule has 1 aromatic heterocycles. The molecule has 110 valence electrons. The first-order valence-electron chi connectivity index (χ1n) is 6.37. The fourth-order valence-corrected chi connectivity index (χ4v) is 2.36. The lowest BCUT2D eigenvalue weighted by atomic mass is 10.2. The zero-order valence-corrected chi connectivity index (χ0v) is 12.9. The number of alkyl halides is 1. The van der Waals surface area contributed by atoms with Crippen LogP contribution >= 0.6 is 11.6 Å². The molecule has 2 aromatic rings. The van der Waals surface area contributed by atoms with Crippen molar-refractivity contribution in [1.29, 1.82) is 0 Å². The molecule has 0 saturated carbocycles. The molecule has 0 amide bonds. The highest BCUT2D eigenvalue weighted by molar-refractivity contribution is 6.20. The molecular formula is C14H19ClN2O3. The summed E-state index contributed by atoms with van der Waals surface area (Å²) in [6, 6.07) is 3.78. The van der Waals surface area contributed by atoms with Crippen LogP contribution in [0.15, 0.2) is 12.1 Å². The van der Waals surface area contributed by atoms with Gasteiger partial charge in [-0.3, -0.25) is 0 Å². The Balaban J connectivity index is 2.62. The van der Waals surface area contributed by atoms with E-state index >= 15 is 0 Å². The molecule has 0 N–H and O–H groups in total. The summed E-state index contributed by atoms with van der Waals surface area (Å²) in [4.78, 5) is 4.59. The number of nitrogens with zero attached hydrogens (tertiary/aromatic N) is 2. The summed E-state index contributed by atoms with van der Waals surface area (Å²) in [6.07, 6.45) is 0. The van der Waals surface area contributed by atoms with Crippen LogP contribution in [0.4, 0.5) is 0 Å². The number of hydrogen-bond donors (Lipinski definition) is 0. The van der Waals surface area contributed by atoms with Crippen LogP contribution in [0.3, 0.4) is 0 Å². The van der Waals surface area contributed by atoms with Crippen LogP contribution in [-0.2, 0) is 11.3 Å². The maximum absolute atomic E-state index is 6.22. The Morgan fingerprint density at radius 1 is 1.20 bits per heavy atom. The van der Waals surface area contributed by atoms with Crippen LogP contribution in [0.2, 0.25) is 0 Å². The van der Waals surface area contributed by atoms with E-state index in [2.05, 4.69) is 9.55 Å². The normalized spacial score (nSPS) is 12.7. The van der Waals surface area contributed by atoms with E-state index in [1.807, 2.05) is 19.1 Å². The molecule has 1 unspecified atom stereocenters. The molecule has 2 rings (SSSR count). The summed E-state index contributed by atoms with van der Waals surface area (Å²) in [7, 11) is 4.90. The maximum atomic E-state index is 6.22. The number of ether oxygens (including phenoxy) is 3. The third-order valence-electron chi connectivity index (χ3n) is 3.16. The van der Waals surface area contributed by atoms with Crippen molar-refractivity contribution in [2.45, 2.75) is 18.8 Å². The molecule has 0 aliphatic heterocycles. The van der Waals surface area contributed by atoms with E-state index in [0.29, 0.717) is 24.7 Å². The molecule has 5 nitrogen and oxygen atoms in total. The fraction of sp³-hybridized carbons (Fsp3) is 0.500. The van der Waals surface area contributed by atoms with Crippen molar-refractivity contribution in [3.05, 3.63) is 18.0 Å². The van der Waals surface area contributed by atoms with Gasteiger partial charge < -0.3 is 18.8 Å². The van der Waals surface area contributed by atoms with Gasteiger partial charge in [0.1, 0.15) is 5.82 Å². The minimum absolute atomic E-state index is 0.184. The van der Waals surface area contributed by atoms with Gasteiger partial charge in [-0.2, -0.15) is 0 Å². The molecular weight excluding hydrogens is 280 g/mol. The Labute approximate surface area is 123 Å². The fourth-order valence-electron chi connectivity index (χ4n) is 2.19. The summed E-state index contributed by atoms with van der Waals surface area (Å²) >= 11 is 6.22. The van der Waals surface area contributed by atoms with Gasteiger partial charge in [-0.1, -0.05) is 0 Å². The van der Waals surface area contributed by atoms with Gasteiger partial charge in [0.2, 0.25) is 0 Å². The molecule has 0 fully saturated rings. The lowest BCUT2D eigenvalue weighted by Gasteiger charge is -2.11. The average molecular weight is 299 g/mol. The first-order valence-corrected chi connectivity index (χ1v) is 6.81. The van der Waals surface area contributed by atoms with Crippen molar-refractivity contribution < 1.29 is 14.2 Å². The van der Waals surface area contributed by atoms with Crippen molar-refractivity contribution in [2.24, 2.45) is 0 Å². The molecule has 6 heteroatoms. The molecule has 1 atom stereocenters. The van der Waals surface area contributed by atoms with Gasteiger partial charge in [0.25, 0.3) is 0 Å². The van der Waals surface area contributed by atoms with Crippen LogP contribution in [-0.4, -0.2) is 37.5 Å². The number of aromatic nitrogens is 2. The maximum Gasteiger partial charge on any atom is 0.163 e. The van der Waals surface area contributed by atoms with Crippen molar-refractivity contribution in [3.63, 3.8) is 0 Å². The van der Waals surface area contributed by atoms with Crippen molar-refractivity contribution in [3.8, 4) is 11.5 Å². The summed E-state index contributed by atoms with van der Waals surface area (Å²) < 4.78 is 17.9. The van der Waals surface area contributed by atoms with Gasteiger partial charge in [-0.05, 0) is 6.92 Å². The number of methoxy groups -OCH3 is 3. The second-order valence-electron chi connectivity index (χ2n) is 4.43. The van der Waals surface area contributed by atoms with Crippen molar-refractivity contribution in [2.75, 3.05) is 27.9 Å². The Morgan fingerprint density at radius 2 is 1.85 bits per heavy atom. The standard InChI is InChI=1S/C14H19ClN2O3/c1-9(15)14-16-10-7-12(19-3)13(20-4)8-11(10)17(14)5-6-18-2/h7-9H,5-6H2,1-4H3. The average Bonchev–Trinajstić information content (AvgIpc) is 2.81. The predicted molar refractivity (Wildman–Crippen MR) is 79.0 cm³/mol. The van der Waals surface area contributed by atoms with Gasteiger partial charge in [-0.25, -0.2) is 4.98 Å². The zero-order valence-electron chi connectivity index (χ0n) is 12.1. The van der Waals surface area contributed by atoms with Crippen molar-refractivity contribution >= 4 is 22.6 Å². The molecule has 20 heavy (non-hydrogen) atoms. The third kappa shape index (κ3) is 2.69. The first kappa shape index (κ1) is 14.9. The zero-order chi connectivity index (χ0) is 14.7. The van der Waals surface area contributed by atoms with E-state index in [4.69, 9.17) is 25.8 Å². The van der Waals surface area contributed by atoms with Crippen LogP contribution in [0.5, 0.6) is 11.5 Å². The van der Waals surface area contributed by atoms with E-state index in [1.165, 1.54) is 0 Å². The molecule has 0 radical (unpaired) electrons. The van der Waals surface area contributed by atoms with Crippen LogP contribution in [0.1, 0.15) is 18.1 Å². The lowest BCUT2D eigenvalue weighted by Crippen LogP contribution is -2.08. The summed E-state index contributed by atoms with van der Waals surface area (Å²) in [5.74, 6) is 2.14. The minimum atomic E-state index is -0.184. The molecule has 0 spiro atoms. The molecule has 0 aliphatic carbocycles. The highest BCUT2D eigenvalue weighted by atomic mass is 35.5. The first-order chi connectivity index (χ1) is 9.62. The predicted octanol–water partition coefficient (Wildman–Crippen LogP) is 3.00. The van der Waals surface area contributed by atoms with E-state index in [0.717, 1.165) is 16.9 Å². The summed E-state index contributed by atoms with van der Waals surface area (Å²) in [5, 5.41) is -0.184. The van der Waals surface area contributed by atoms with Gasteiger partial charge in [0.05, 0.1) is 37.2 Å². The highest BCUT2D eigenvalue weighted by Gasteiger charge is 2.17. The Hall–Kier alpha value is -1.46. The quantitative estimate of drug-likeness (QED) is 0.769. The number of halogens is 1. The van der Waals surface area contributed by atoms with E-state index in [1.54, 1.807) is 21.3 Å². The Morgan fingerprint density at radius 3 is 2.40 bits per heavy atom. The SMILES string of the molecule is COCCn1c(C(C)Cl)nc2cc(OC)c(OC)cc21. The van der Waals surface area contributed by atoms with Gasteiger partial charge >= 0.3 is 0 Å². The Kier molecular flexibility index (Phi) is 4.73. The number of rotatable bonds is 6. The van der Waals surface area contributed by atoms with Crippen LogP contribution in [0.25, 0.3) is 11.0 Å². The molecule has 1 aromatic carbocycles. The second-order valence-corrected chi connectivity index (χ2v) is 5.08.